The third-order valence-electron chi connectivity index (χ3n) is 3.66. The minimum atomic E-state index is -0.0990. The van der Waals surface area contributed by atoms with Gasteiger partial charge in [-0.15, -0.1) is 11.8 Å². The predicted molar refractivity (Wildman–Crippen MR) is 73.3 cm³/mol. The Kier molecular flexibility index (Phi) is 4.13. The van der Waals surface area contributed by atoms with Crippen molar-refractivity contribution in [2.45, 2.75) is 36.7 Å². The monoisotopic (exact) mass is 251 g/mol. The molecular formula is C14H21NOS. The normalized spacial score (nSPS) is 19.0. The number of rotatable bonds is 6. The van der Waals surface area contributed by atoms with Crippen molar-refractivity contribution in [1.82, 2.24) is 5.32 Å². The Morgan fingerprint density at radius 1 is 1.35 bits per heavy atom. The Bertz CT molecular complexity index is 361. The molecule has 0 aliphatic heterocycles. The number of benzene rings is 1. The quantitative estimate of drug-likeness (QED) is 0.762. The molecule has 0 heterocycles. The Morgan fingerprint density at radius 3 is 2.47 bits per heavy atom. The van der Waals surface area contributed by atoms with Crippen molar-refractivity contribution < 1.29 is 5.11 Å². The molecule has 0 spiro atoms. The number of aliphatic hydroxyl groups is 1. The molecule has 2 nitrogen and oxygen atoms in total. The second-order valence-electron chi connectivity index (χ2n) is 5.05. The highest BCUT2D eigenvalue weighted by atomic mass is 32.2. The molecule has 1 atom stereocenters. The maximum atomic E-state index is 9.49. The van der Waals surface area contributed by atoms with Crippen LogP contribution in [-0.4, -0.2) is 23.5 Å². The smallest absolute Gasteiger partial charge is 0.0613 e. The Labute approximate surface area is 108 Å². The molecular weight excluding hydrogens is 230 g/mol. The third kappa shape index (κ3) is 3.24. The van der Waals surface area contributed by atoms with Gasteiger partial charge in [-0.2, -0.15) is 0 Å². The number of hydrogen-bond donors (Lipinski definition) is 2. The number of nitrogens with one attached hydrogen (secondary N) is 1. The molecule has 1 aromatic carbocycles. The zero-order valence-electron chi connectivity index (χ0n) is 10.6. The van der Waals surface area contributed by atoms with Crippen LogP contribution in [-0.2, 0) is 6.54 Å². The van der Waals surface area contributed by atoms with Crippen LogP contribution >= 0.6 is 11.8 Å². The van der Waals surface area contributed by atoms with E-state index in [2.05, 4.69) is 42.8 Å². The van der Waals surface area contributed by atoms with Crippen molar-refractivity contribution in [3.05, 3.63) is 29.8 Å². The standard InChI is InChI=1S/C14H21NOS/c1-14(10-16,12-5-6-12)15-9-11-3-7-13(17-2)8-4-11/h3-4,7-8,12,15-16H,5-6,9-10H2,1-2H3. The van der Waals surface area contributed by atoms with Crippen molar-refractivity contribution in [1.29, 1.82) is 0 Å². The minimum absolute atomic E-state index is 0.0990. The molecule has 2 rings (SSSR count). The van der Waals surface area contributed by atoms with Gasteiger partial charge < -0.3 is 10.4 Å². The van der Waals surface area contributed by atoms with Crippen LogP contribution in [0.5, 0.6) is 0 Å². The highest BCUT2D eigenvalue weighted by Crippen LogP contribution is 2.39. The summed E-state index contributed by atoms with van der Waals surface area (Å²) in [5.74, 6) is 0.651. The number of thioether (sulfide) groups is 1. The average Bonchev–Trinajstić information content (AvgIpc) is 3.21. The zero-order valence-corrected chi connectivity index (χ0v) is 11.4. The largest absolute Gasteiger partial charge is 0.394 e. The Morgan fingerprint density at radius 2 is 2.00 bits per heavy atom. The van der Waals surface area contributed by atoms with Crippen LogP contribution in [0.4, 0.5) is 0 Å². The fourth-order valence-corrected chi connectivity index (χ4v) is 2.51. The van der Waals surface area contributed by atoms with Gasteiger partial charge in [0.15, 0.2) is 0 Å². The number of hydrogen-bond acceptors (Lipinski definition) is 3. The lowest BCUT2D eigenvalue weighted by Gasteiger charge is -2.29. The van der Waals surface area contributed by atoms with E-state index in [9.17, 15) is 5.11 Å². The van der Waals surface area contributed by atoms with E-state index in [-0.39, 0.29) is 12.1 Å². The third-order valence-corrected chi connectivity index (χ3v) is 4.41. The lowest BCUT2D eigenvalue weighted by molar-refractivity contribution is 0.153. The zero-order chi connectivity index (χ0) is 12.3. The summed E-state index contributed by atoms with van der Waals surface area (Å²) in [5.41, 5.74) is 1.18. The molecule has 0 saturated heterocycles. The molecule has 94 valence electrons. The van der Waals surface area contributed by atoms with Crippen LogP contribution in [0, 0.1) is 5.92 Å². The summed E-state index contributed by atoms with van der Waals surface area (Å²) in [6, 6.07) is 8.61. The molecule has 0 aromatic heterocycles. The second-order valence-corrected chi connectivity index (χ2v) is 5.93. The molecule has 1 fully saturated rings. The summed E-state index contributed by atoms with van der Waals surface area (Å²) in [6.07, 6.45) is 4.58. The van der Waals surface area contributed by atoms with Crippen LogP contribution in [0.1, 0.15) is 25.3 Å². The van der Waals surface area contributed by atoms with Crippen molar-refractivity contribution in [2.24, 2.45) is 5.92 Å². The fraction of sp³-hybridized carbons (Fsp3) is 0.571. The minimum Gasteiger partial charge on any atom is -0.394 e. The summed E-state index contributed by atoms with van der Waals surface area (Å²) < 4.78 is 0. The van der Waals surface area contributed by atoms with E-state index in [0.29, 0.717) is 5.92 Å². The first-order valence-electron chi connectivity index (χ1n) is 6.17. The van der Waals surface area contributed by atoms with Gasteiger partial charge in [0, 0.05) is 17.0 Å². The van der Waals surface area contributed by atoms with E-state index in [1.165, 1.54) is 23.3 Å². The van der Waals surface area contributed by atoms with Gasteiger partial charge in [0.2, 0.25) is 0 Å². The highest BCUT2D eigenvalue weighted by Gasteiger charge is 2.40. The Hall–Kier alpha value is -0.510. The predicted octanol–water partition coefficient (Wildman–Crippen LogP) is 2.66. The molecule has 0 radical (unpaired) electrons. The summed E-state index contributed by atoms with van der Waals surface area (Å²) in [5, 5.41) is 13.0. The summed E-state index contributed by atoms with van der Waals surface area (Å²) in [7, 11) is 0. The Balaban J connectivity index is 1.91. The molecule has 2 N–H and O–H groups in total. The fourth-order valence-electron chi connectivity index (χ4n) is 2.10. The number of aliphatic hydroxyl groups excluding tert-OH is 1. The molecule has 0 bridgehead atoms. The van der Waals surface area contributed by atoms with Crippen molar-refractivity contribution in [3.8, 4) is 0 Å². The first-order valence-corrected chi connectivity index (χ1v) is 7.39. The van der Waals surface area contributed by atoms with Gasteiger partial charge in [-0.1, -0.05) is 12.1 Å². The molecule has 1 aromatic rings. The summed E-state index contributed by atoms with van der Waals surface area (Å²) >= 11 is 1.76. The van der Waals surface area contributed by atoms with E-state index in [0.717, 1.165) is 6.54 Å². The van der Waals surface area contributed by atoms with Crippen LogP contribution in [0.25, 0.3) is 0 Å². The van der Waals surface area contributed by atoms with E-state index < -0.39 is 0 Å². The lowest BCUT2D eigenvalue weighted by Crippen LogP contribution is -2.47. The summed E-state index contributed by atoms with van der Waals surface area (Å²) in [6.45, 7) is 3.18. The van der Waals surface area contributed by atoms with Crippen molar-refractivity contribution >= 4 is 11.8 Å². The molecule has 1 saturated carbocycles. The maximum absolute atomic E-state index is 9.49. The van der Waals surface area contributed by atoms with E-state index >= 15 is 0 Å². The molecule has 1 unspecified atom stereocenters. The van der Waals surface area contributed by atoms with Gasteiger partial charge in [-0.25, -0.2) is 0 Å². The average molecular weight is 251 g/mol. The van der Waals surface area contributed by atoms with Crippen LogP contribution in [0.3, 0.4) is 0 Å². The van der Waals surface area contributed by atoms with Gasteiger partial charge >= 0.3 is 0 Å². The van der Waals surface area contributed by atoms with E-state index in [4.69, 9.17) is 0 Å². The molecule has 1 aliphatic carbocycles. The topological polar surface area (TPSA) is 32.3 Å². The van der Waals surface area contributed by atoms with E-state index in [1.807, 2.05) is 0 Å². The lowest BCUT2D eigenvalue weighted by atomic mass is 9.96. The van der Waals surface area contributed by atoms with Gasteiger partial charge in [0.05, 0.1) is 6.61 Å². The summed E-state index contributed by atoms with van der Waals surface area (Å²) in [4.78, 5) is 1.29. The molecule has 3 heteroatoms. The molecule has 0 amide bonds. The van der Waals surface area contributed by atoms with Gasteiger partial charge in [0.25, 0.3) is 0 Å². The van der Waals surface area contributed by atoms with Gasteiger partial charge in [-0.05, 0) is 49.6 Å². The first-order chi connectivity index (χ1) is 8.18. The van der Waals surface area contributed by atoms with Gasteiger partial charge in [0.1, 0.15) is 0 Å². The first kappa shape index (κ1) is 12.9. The van der Waals surface area contributed by atoms with Crippen molar-refractivity contribution in [3.63, 3.8) is 0 Å². The molecule has 17 heavy (non-hydrogen) atoms. The second kappa shape index (κ2) is 5.42. The van der Waals surface area contributed by atoms with Crippen LogP contribution in [0.2, 0.25) is 0 Å². The highest BCUT2D eigenvalue weighted by molar-refractivity contribution is 7.98. The SMILES string of the molecule is CSc1ccc(CNC(C)(CO)C2CC2)cc1. The molecule has 1 aliphatic rings. The van der Waals surface area contributed by atoms with E-state index in [1.54, 1.807) is 11.8 Å². The van der Waals surface area contributed by atoms with Crippen LogP contribution < -0.4 is 5.32 Å². The van der Waals surface area contributed by atoms with Crippen molar-refractivity contribution in [2.75, 3.05) is 12.9 Å². The van der Waals surface area contributed by atoms with Crippen LogP contribution in [0.15, 0.2) is 29.2 Å². The van der Waals surface area contributed by atoms with Gasteiger partial charge in [-0.3, -0.25) is 0 Å². The maximum Gasteiger partial charge on any atom is 0.0613 e.